The number of aromatic nitrogens is 4. The Morgan fingerprint density at radius 1 is 1.08 bits per heavy atom. The number of nitrogens with zero attached hydrogens (tertiary/aromatic N) is 4. The number of hydrogen-bond donors (Lipinski definition) is 0. The topological polar surface area (TPSA) is 87.0 Å². The molecule has 3 aromatic rings. The average Bonchev–Trinajstić information content (AvgIpc) is 3.21. The molecule has 0 spiro atoms. The Hall–Kier alpha value is -3.35. The zero-order valence-corrected chi connectivity index (χ0v) is 14.5. The summed E-state index contributed by atoms with van der Waals surface area (Å²) < 4.78 is 6.57. The molecule has 3 rings (SSSR count). The average molecular weight is 350 g/mol. The van der Waals surface area contributed by atoms with Gasteiger partial charge in [-0.3, -0.25) is 4.79 Å². The van der Waals surface area contributed by atoms with Gasteiger partial charge in [-0.2, -0.15) is 0 Å². The van der Waals surface area contributed by atoms with E-state index in [0.29, 0.717) is 22.7 Å². The van der Waals surface area contributed by atoms with Crippen molar-refractivity contribution in [2.75, 3.05) is 6.61 Å². The van der Waals surface area contributed by atoms with E-state index < -0.39 is 5.97 Å². The second-order valence-corrected chi connectivity index (χ2v) is 6.08. The zero-order valence-electron chi connectivity index (χ0n) is 14.5. The summed E-state index contributed by atoms with van der Waals surface area (Å²) in [6.45, 7) is 3.86. The van der Waals surface area contributed by atoms with Gasteiger partial charge < -0.3 is 4.74 Å². The number of carbonyl (C=O) groups excluding carboxylic acids is 2. The molecule has 26 heavy (non-hydrogen) atoms. The van der Waals surface area contributed by atoms with Crippen LogP contribution in [0.5, 0.6) is 0 Å². The zero-order chi connectivity index (χ0) is 18.5. The summed E-state index contributed by atoms with van der Waals surface area (Å²) in [6, 6.07) is 14.0. The monoisotopic (exact) mass is 350 g/mol. The Bertz CT molecular complexity index is 903. The van der Waals surface area contributed by atoms with Gasteiger partial charge in [0.15, 0.2) is 12.4 Å². The molecule has 0 saturated heterocycles. The number of carbonyl (C=O) groups is 2. The first-order valence-corrected chi connectivity index (χ1v) is 8.18. The van der Waals surface area contributed by atoms with E-state index in [1.165, 1.54) is 11.0 Å². The van der Waals surface area contributed by atoms with Crippen molar-refractivity contribution in [2.24, 2.45) is 0 Å². The van der Waals surface area contributed by atoms with Crippen molar-refractivity contribution in [3.8, 4) is 5.69 Å². The van der Waals surface area contributed by atoms with E-state index in [-0.39, 0.29) is 12.4 Å². The van der Waals surface area contributed by atoms with Crippen molar-refractivity contribution in [2.45, 2.75) is 19.8 Å². The van der Waals surface area contributed by atoms with E-state index in [2.05, 4.69) is 29.4 Å². The molecule has 0 aliphatic rings. The fraction of sp³-hybridized carbons (Fsp3) is 0.211. The van der Waals surface area contributed by atoms with Crippen LogP contribution in [0.25, 0.3) is 5.69 Å². The summed E-state index contributed by atoms with van der Waals surface area (Å²) in [5.41, 5.74) is 2.61. The molecule has 0 saturated carbocycles. The molecular weight excluding hydrogens is 332 g/mol. The number of ketones is 1. The highest BCUT2D eigenvalue weighted by atomic mass is 16.5. The highest BCUT2D eigenvalue weighted by Gasteiger charge is 2.13. The lowest BCUT2D eigenvalue weighted by Crippen LogP contribution is -2.14. The van der Waals surface area contributed by atoms with Crippen LogP contribution in [0.4, 0.5) is 0 Å². The van der Waals surface area contributed by atoms with E-state index >= 15 is 0 Å². The van der Waals surface area contributed by atoms with Crippen LogP contribution >= 0.6 is 0 Å². The van der Waals surface area contributed by atoms with Gasteiger partial charge in [-0.05, 0) is 40.1 Å². The van der Waals surface area contributed by atoms with Gasteiger partial charge in [0.2, 0.25) is 0 Å². The van der Waals surface area contributed by atoms with Gasteiger partial charge in [0, 0.05) is 5.56 Å². The molecule has 7 heteroatoms. The number of esters is 1. The molecule has 1 heterocycles. The predicted molar refractivity (Wildman–Crippen MR) is 94.3 cm³/mol. The number of hydrogen-bond acceptors (Lipinski definition) is 6. The molecule has 0 radical (unpaired) electrons. The van der Waals surface area contributed by atoms with Gasteiger partial charge in [0.05, 0.1) is 11.3 Å². The molecule has 0 fully saturated rings. The van der Waals surface area contributed by atoms with E-state index in [9.17, 15) is 9.59 Å². The van der Waals surface area contributed by atoms with Crippen LogP contribution in [0.1, 0.15) is 46.0 Å². The molecule has 1 aromatic heterocycles. The number of ether oxygens (including phenoxy) is 1. The minimum absolute atomic E-state index is 0.245. The summed E-state index contributed by atoms with van der Waals surface area (Å²) in [5, 5.41) is 10.9. The molecule has 2 aromatic carbocycles. The maximum atomic E-state index is 12.2. The molecular formula is C19H18N4O3. The Kier molecular flexibility index (Phi) is 5.17. The van der Waals surface area contributed by atoms with E-state index in [1.54, 1.807) is 36.4 Å². The molecule has 0 aliphatic heterocycles. The van der Waals surface area contributed by atoms with Gasteiger partial charge in [0.1, 0.15) is 6.33 Å². The number of benzene rings is 2. The highest BCUT2D eigenvalue weighted by molar-refractivity contribution is 5.99. The minimum Gasteiger partial charge on any atom is -0.454 e. The molecule has 0 unspecified atom stereocenters. The SMILES string of the molecule is CC(C)c1ccc(C(=O)COC(=O)c2cccc(-n3cnnn3)c2)cc1. The van der Waals surface area contributed by atoms with Gasteiger partial charge in [-0.25, -0.2) is 9.48 Å². The third kappa shape index (κ3) is 4.00. The molecule has 7 nitrogen and oxygen atoms in total. The van der Waals surface area contributed by atoms with Crippen molar-refractivity contribution in [1.82, 2.24) is 20.2 Å². The first kappa shape index (κ1) is 17.5. The van der Waals surface area contributed by atoms with Crippen LogP contribution in [0.2, 0.25) is 0 Å². The van der Waals surface area contributed by atoms with Crippen LogP contribution in [-0.4, -0.2) is 38.6 Å². The van der Waals surface area contributed by atoms with Crippen LogP contribution in [-0.2, 0) is 4.74 Å². The Balaban J connectivity index is 1.63. The standard InChI is InChI=1S/C19H18N4O3/c1-13(2)14-6-8-15(9-7-14)18(24)11-26-19(25)16-4-3-5-17(10-16)23-12-20-21-22-23/h3-10,12-13H,11H2,1-2H3. The first-order chi connectivity index (χ1) is 12.5. The van der Waals surface area contributed by atoms with Crippen molar-refractivity contribution < 1.29 is 14.3 Å². The van der Waals surface area contributed by atoms with Crippen LogP contribution in [0, 0.1) is 0 Å². The predicted octanol–water partition coefficient (Wildman–Crippen LogP) is 2.83. The Morgan fingerprint density at radius 2 is 1.85 bits per heavy atom. The van der Waals surface area contributed by atoms with Gasteiger partial charge >= 0.3 is 5.97 Å². The highest BCUT2D eigenvalue weighted by Crippen LogP contribution is 2.15. The summed E-state index contributed by atoms with van der Waals surface area (Å²) in [6.07, 6.45) is 1.43. The summed E-state index contributed by atoms with van der Waals surface area (Å²) in [7, 11) is 0. The lowest BCUT2D eigenvalue weighted by molar-refractivity contribution is 0.0474. The third-order valence-corrected chi connectivity index (χ3v) is 3.93. The fourth-order valence-corrected chi connectivity index (χ4v) is 2.41. The van der Waals surface area contributed by atoms with Crippen LogP contribution in [0.15, 0.2) is 54.9 Å². The molecule has 0 amide bonds. The van der Waals surface area contributed by atoms with Crippen molar-refractivity contribution in [3.05, 3.63) is 71.5 Å². The second kappa shape index (κ2) is 7.69. The summed E-state index contributed by atoms with van der Waals surface area (Å²) >= 11 is 0. The van der Waals surface area contributed by atoms with Crippen molar-refractivity contribution >= 4 is 11.8 Å². The lowest BCUT2D eigenvalue weighted by atomic mass is 10.0. The van der Waals surface area contributed by atoms with Gasteiger partial charge in [0.25, 0.3) is 0 Å². The minimum atomic E-state index is -0.577. The van der Waals surface area contributed by atoms with E-state index in [4.69, 9.17) is 4.74 Å². The van der Waals surface area contributed by atoms with Crippen LogP contribution < -0.4 is 0 Å². The maximum absolute atomic E-state index is 12.2. The lowest BCUT2D eigenvalue weighted by Gasteiger charge is -2.08. The largest absolute Gasteiger partial charge is 0.454 e. The van der Waals surface area contributed by atoms with Crippen molar-refractivity contribution in [3.63, 3.8) is 0 Å². The summed E-state index contributed by atoms with van der Waals surface area (Å²) in [4.78, 5) is 24.4. The fourth-order valence-electron chi connectivity index (χ4n) is 2.41. The van der Waals surface area contributed by atoms with E-state index in [1.807, 2.05) is 12.1 Å². The molecule has 0 aliphatic carbocycles. The maximum Gasteiger partial charge on any atom is 0.338 e. The molecule has 0 atom stereocenters. The number of rotatable bonds is 6. The first-order valence-electron chi connectivity index (χ1n) is 8.18. The summed E-state index contributed by atoms with van der Waals surface area (Å²) in [5.74, 6) is -0.429. The smallest absolute Gasteiger partial charge is 0.338 e. The van der Waals surface area contributed by atoms with Crippen LogP contribution in [0.3, 0.4) is 0 Å². The quantitative estimate of drug-likeness (QED) is 0.502. The van der Waals surface area contributed by atoms with E-state index in [0.717, 1.165) is 5.56 Å². The molecule has 132 valence electrons. The molecule has 0 N–H and O–H groups in total. The number of tetrazole rings is 1. The number of Topliss-reactive ketones (excluding diaryl/α,β-unsaturated/α-hetero) is 1. The Labute approximate surface area is 150 Å². The Morgan fingerprint density at radius 3 is 2.50 bits per heavy atom. The van der Waals surface area contributed by atoms with Gasteiger partial charge in [-0.15, -0.1) is 5.10 Å². The molecule has 0 bridgehead atoms. The third-order valence-electron chi connectivity index (χ3n) is 3.93. The normalized spacial score (nSPS) is 10.7. The second-order valence-electron chi connectivity index (χ2n) is 6.08. The van der Waals surface area contributed by atoms with Crippen molar-refractivity contribution in [1.29, 1.82) is 0 Å². The van der Waals surface area contributed by atoms with Gasteiger partial charge in [-0.1, -0.05) is 44.2 Å².